The van der Waals surface area contributed by atoms with Crippen molar-refractivity contribution in [2.24, 2.45) is 7.05 Å². The number of carbonyl (C=O) groups excluding carboxylic acids is 2. The molecule has 1 aromatic carbocycles. The number of halogens is 1. The van der Waals surface area contributed by atoms with Gasteiger partial charge in [-0.3, -0.25) is 0 Å². The lowest BCUT2D eigenvalue weighted by Gasteiger charge is -2.04. The summed E-state index contributed by atoms with van der Waals surface area (Å²) in [5, 5.41) is 0. The van der Waals surface area contributed by atoms with Crippen molar-refractivity contribution in [3.8, 4) is 0 Å². The van der Waals surface area contributed by atoms with E-state index < -0.39 is 11.9 Å². The number of hydrogen-bond acceptors (Lipinski definition) is 3. The molecule has 0 saturated carbocycles. The molecule has 22 heavy (non-hydrogen) atoms. The third kappa shape index (κ3) is 2.99. The molecule has 116 valence electrons. The van der Waals surface area contributed by atoms with Crippen LogP contribution in [-0.2, 0) is 18.2 Å². The second kappa shape index (κ2) is 6.48. The molecule has 0 saturated heterocycles. The molecule has 0 aliphatic rings. The van der Waals surface area contributed by atoms with Gasteiger partial charge in [-0.2, -0.15) is 0 Å². The fraction of sp³-hybridized carbons (Fsp3) is 0.294. The molecule has 0 aliphatic heterocycles. The van der Waals surface area contributed by atoms with Gasteiger partial charge in [0.05, 0.1) is 15.6 Å². The van der Waals surface area contributed by atoms with E-state index in [2.05, 4.69) is 15.9 Å². The number of aryl methyl sites for hydroxylation is 1. The van der Waals surface area contributed by atoms with Crippen LogP contribution in [0.15, 0.2) is 28.7 Å². The lowest BCUT2D eigenvalue weighted by atomic mass is 10.1. The second-order valence-electron chi connectivity index (χ2n) is 5.18. The summed E-state index contributed by atoms with van der Waals surface area (Å²) in [6.45, 7) is 5.76. The number of benzene rings is 1. The van der Waals surface area contributed by atoms with Crippen LogP contribution in [0.1, 0.15) is 44.6 Å². The Hall–Kier alpha value is -1.88. The van der Waals surface area contributed by atoms with Crippen LogP contribution in [0, 0.1) is 13.8 Å². The predicted octanol–water partition coefficient (Wildman–Crippen LogP) is 3.96. The Morgan fingerprint density at radius 3 is 2.23 bits per heavy atom. The van der Waals surface area contributed by atoms with Gasteiger partial charge in [-0.1, -0.05) is 24.6 Å². The van der Waals surface area contributed by atoms with Crippen molar-refractivity contribution in [1.29, 1.82) is 0 Å². The summed E-state index contributed by atoms with van der Waals surface area (Å²) in [7, 11) is 1.89. The summed E-state index contributed by atoms with van der Waals surface area (Å²) >= 11 is 3.44. The summed E-state index contributed by atoms with van der Waals surface area (Å²) in [6, 6.07) is 6.91. The molecule has 0 N–H and O–H groups in total. The summed E-state index contributed by atoms with van der Waals surface area (Å²) < 4.78 is 7.63. The third-order valence-electron chi connectivity index (χ3n) is 3.75. The van der Waals surface area contributed by atoms with E-state index in [0.717, 1.165) is 23.4 Å². The first kappa shape index (κ1) is 16.5. The molecule has 0 bridgehead atoms. The molecule has 0 aliphatic carbocycles. The number of rotatable bonds is 3. The largest absolute Gasteiger partial charge is 0.386 e. The smallest absolute Gasteiger partial charge is 0.349 e. The van der Waals surface area contributed by atoms with Gasteiger partial charge in [-0.25, -0.2) is 9.59 Å². The number of esters is 2. The van der Waals surface area contributed by atoms with Gasteiger partial charge in [0.2, 0.25) is 0 Å². The van der Waals surface area contributed by atoms with Crippen LogP contribution in [0.2, 0.25) is 0 Å². The zero-order valence-corrected chi connectivity index (χ0v) is 14.7. The monoisotopic (exact) mass is 363 g/mol. The lowest BCUT2D eigenvalue weighted by Crippen LogP contribution is -2.14. The fourth-order valence-electron chi connectivity index (χ4n) is 2.33. The molecule has 0 unspecified atom stereocenters. The van der Waals surface area contributed by atoms with Crippen molar-refractivity contribution < 1.29 is 14.3 Å². The van der Waals surface area contributed by atoms with Crippen molar-refractivity contribution in [1.82, 2.24) is 4.57 Å². The maximum atomic E-state index is 12.3. The summed E-state index contributed by atoms with van der Waals surface area (Å²) in [6.07, 6.45) is 0.775. The van der Waals surface area contributed by atoms with Gasteiger partial charge in [0, 0.05) is 18.4 Å². The maximum Gasteiger partial charge on any atom is 0.349 e. The van der Waals surface area contributed by atoms with E-state index in [1.165, 1.54) is 0 Å². The zero-order valence-electron chi connectivity index (χ0n) is 13.1. The van der Waals surface area contributed by atoms with E-state index in [1.54, 1.807) is 24.3 Å². The van der Waals surface area contributed by atoms with Crippen LogP contribution in [0.5, 0.6) is 0 Å². The molecule has 0 amide bonds. The number of nitrogens with zero attached hydrogens (tertiary/aromatic N) is 1. The Bertz CT molecular complexity index is 729. The average molecular weight is 364 g/mol. The molecule has 4 nitrogen and oxygen atoms in total. The van der Waals surface area contributed by atoms with Gasteiger partial charge >= 0.3 is 11.9 Å². The highest BCUT2D eigenvalue weighted by Gasteiger charge is 2.24. The van der Waals surface area contributed by atoms with Crippen molar-refractivity contribution in [3.05, 3.63) is 56.8 Å². The van der Waals surface area contributed by atoms with Crippen molar-refractivity contribution in [2.75, 3.05) is 0 Å². The van der Waals surface area contributed by atoms with E-state index in [1.807, 2.05) is 32.4 Å². The molecule has 5 heteroatoms. The Balaban J connectivity index is 2.26. The van der Waals surface area contributed by atoms with E-state index in [9.17, 15) is 9.59 Å². The fourth-order valence-corrected chi connectivity index (χ4v) is 3.33. The van der Waals surface area contributed by atoms with Crippen LogP contribution in [-0.4, -0.2) is 16.5 Å². The van der Waals surface area contributed by atoms with Gasteiger partial charge < -0.3 is 9.30 Å². The van der Waals surface area contributed by atoms with Crippen molar-refractivity contribution >= 4 is 27.9 Å². The minimum Gasteiger partial charge on any atom is -0.386 e. The Morgan fingerprint density at radius 2 is 1.73 bits per heavy atom. The molecule has 0 spiro atoms. The number of hydrogen-bond donors (Lipinski definition) is 0. The highest BCUT2D eigenvalue weighted by atomic mass is 79.9. The maximum absolute atomic E-state index is 12.3. The minimum absolute atomic E-state index is 0.361. The lowest BCUT2D eigenvalue weighted by molar-refractivity contribution is 0.0396. The third-order valence-corrected chi connectivity index (χ3v) is 4.61. The number of ether oxygens (including phenoxy) is 1. The van der Waals surface area contributed by atoms with E-state index >= 15 is 0 Å². The molecule has 0 radical (unpaired) electrons. The van der Waals surface area contributed by atoms with Gasteiger partial charge in [-0.05, 0) is 48.3 Å². The van der Waals surface area contributed by atoms with Crippen LogP contribution in [0.25, 0.3) is 0 Å². The van der Waals surface area contributed by atoms with E-state index in [0.29, 0.717) is 15.6 Å². The molecule has 2 aromatic rings. The highest BCUT2D eigenvalue weighted by molar-refractivity contribution is 9.10. The quantitative estimate of drug-likeness (QED) is 0.612. The zero-order chi connectivity index (χ0) is 16.4. The van der Waals surface area contributed by atoms with Gasteiger partial charge in [0.25, 0.3) is 0 Å². The normalized spacial score (nSPS) is 10.6. The Morgan fingerprint density at radius 1 is 1.14 bits per heavy atom. The first-order valence-corrected chi connectivity index (χ1v) is 7.82. The van der Waals surface area contributed by atoms with Crippen LogP contribution >= 0.6 is 15.9 Å². The molecule has 1 heterocycles. The van der Waals surface area contributed by atoms with E-state index in [4.69, 9.17) is 4.74 Å². The summed E-state index contributed by atoms with van der Waals surface area (Å²) in [5.74, 6) is -1.27. The van der Waals surface area contributed by atoms with Gasteiger partial charge in [-0.15, -0.1) is 0 Å². The molecular weight excluding hydrogens is 346 g/mol. The van der Waals surface area contributed by atoms with Crippen LogP contribution in [0.4, 0.5) is 0 Å². The highest BCUT2D eigenvalue weighted by Crippen LogP contribution is 2.28. The summed E-state index contributed by atoms with van der Waals surface area (Å²) in [5.41, 5.74) is 3.56. The van der Waals surface area contributed by atoms with Crippen LogP contribution in [0.3, 0.4) is 0 Å². The summed E-state index contributed by atoms with van der Waals surface area (Å²) in [4.78, 5) is 24.4. The molecule has 1 aromatic heterocycles. The molecule has 0 atom stereocenters. The first-order chi connectivity index (χ1) is 10.4. The standard InChI is InChI=1S/C17H18BrNO3/c1-5-13-15(18)14(11(3)19(13)4)17(21)22-16(20)12-8-6-10(2)7-9-12/h6-9H,5H2,1-4H3. The SMILES string of the molecule is CCc1c(Br)c(C(=O)OC(=O)c2ccc(C)cc2)c(C)n1C. The Labute approximate surface area is 138 Å². The van der Waals surface area contributed by atoms with E-state index in [-0.39, 0.29) is 0 Å². The topological polar surface area (TPSA) is 48.3 Å². The minimum atomic E-state index is -0.641. The van der Waals surface area contributed by atoms with Gasteiger partial charge in [0.1, 0.15) is 0 Å². The predicted molar refractivity (Wildman–Crippen MR) is 88.2 cm³/mol. The van der Waals surface area contributed by atoms with Crippen LogP contribution < -0.4 is 0 Å². The molecular formula is C17H18BrNO3. The Kier molecular flexibility index (Phi) is 4.86. The van der Waals surface area contributed by atoms with Crippen molar-refractivity contribution in [3.63, 3.8) is 0 Å². The first-order valence-electron chi connectivity index (χ1n) is 7.03. The van der Waals surface area contributed by atoms with Gasteiger partial charge in [0.15, 0.2) is 0 Å². The number of aromatic nitrogens is 1. The molecule has 2 rings (SSSR count). The second-order valence-corrected chi connectivity index (χ2v) is 5.97. The molecule has 0 fully saturated rings. The number of carbonyl (C=O) groups is 2. The van der Waals surface area contributed by atoms with Crippen molar-refractivity contribution in [2.45, 2.75) is 27.2 Å². The average Bonchev–Trinajstić information content (AvgIpc) is 2.69.